The molecule has 0 aliphatic heterocycles. The Morgan fingerprint density at radius 3 is 2.30 bits per heavy atom. The molecule has 5 rings (SSSR count). The molecule has 218 valence electrons. The lowest BCUT2D eigenvalue weighted by atomic mass is 10.1. The van der Waals surface area contributed by atoms with E-state index in [0.29, 0.717) is 28.1 Å². The van der Waals surface area contributed by atoms with Gasteiger partial charge in [0.05, 0.1) is 17.6 Å². The number of hydrogen-bond donors (Lipinski definition) is 3. The van der Waals surface area contributed by atoms with Crippen LogP contribution >= 0.6 is 0 Å². The van der Waals surface area contributed by atoms with Crippen LogP contribution in [0.1, 0.15) is 21.5 Å². The highest BCUT2D eigenvalue weighted by atomic mass is 16.3. The van der Waals surface area contributed by atoms with Gasteiger partial charge in [-0.25, -0.2) is 5.43 Å². The van der Waals surface area contributed by atoms with Gasteiger partial charge in [0.2, 0.25) is 0 Å². The Kier molecular flexibility index (Phi) is 9.17. The summed E-state index contributed by atoms with van der Waals surface area (Å²) in [6.07, 6.45) is 2.86. The lowest BCUT2D eigenvalue weighted by Crippen LogP contribution is -2.32. The number of rotatable bonds is 9. The van der Waals surface area contributed by atoms with Crippen LogP contribution in [0.4, 0.5) is 17.1 Å². The van der Waals surface area contributed by atoms with Gasteiger partial charge in [-0.05, 0) is 65.6 Å². The zero-order chi connectivity index (χ0) is 30.9. The third kappa shape index (κ3) is 7.40. The number of aromatic hydroxyl groups is 1. The number of hydrazone groups is 1. The largest absolute Gasteiger partial charge is 0.507 e. The standard InChI is InChI=1S/C35H30N6O3/c1-41(2)29-18-15-24(16-19-29)21-32(37-34(43)26-10-4-3-5-11-26)35(44)40-36-23-27-22-28(17-20-33(27)42)38-39-31-14-8-12-25-9-6-7-13-30(25)31/h3-23,42H,1-2H3,(H,37,43)(H,40,44). The van der Waals surface area contributed by atoms with Crippen LogP contribution in [0.3, 0.4) is 0 Å². The van der Waals surface area contributed by atoms with Crippen molar-refractivity contribution in [1.82, 2.24) is 10.7 Å². The van der Waals surface area contributed by atoms with E-state index < -0.39 is 11.8 Å². The van der Waals surface area contributed by atoms with Crippen LogP contribution in [0.2, 0.25) is 0 Å². The highest BCUT2D eigenvalue weighted by molar-refractivity contribution is 6.05. The Morgan fingerprint density at radius 1 is 0.795 bits per heavy atom. The summed E-state index contributed by atoms with van der Waals surface area (Å²) in [5, 5.41) is 27.8. The van der Waals surface area contributed by atoms with Gasteiger partial charge in [-0.1, -0.05) is 66.7 Å². The smallest absolute Gasteiger partial charge is 0.287 e. The molecule has 0 unspecified atom stereocenters. The van der Waals surface area contributed by atoms with E-state index >= 15 is 0 Å². The lowest BCUT2D eigenvalue weighted by Gasteiger charge is -2.12. The molecule has 3 N–H and O–H groups in total. The van der Waals surface area contributed by atoms with E-state index in [4.69, 9.17) is 0 Å². The van der Waals surface area contributed by atoms with Crippen LogP contribution in [0.15, 0.2) is 136 Å². The molecule has 0 bridgehead atoms. The van der Waals surface area contributed by atoms with Crippen LogP contribution in [0, 0.1) is 0 Å². The molecule has 0 aliphatic rings. The van der Waals surface area contributed by atoms with Gasteiger partial charge in [-0.15, -0.1) is 5.11 Å². The molecule has 0 spiro atoms. The Bertz CT molecular complexity index is 1880. The second kappa shape index (κ2) is 13.7. The molecule has 0 aliphatic carbocycles. The van der Waals surface area contributed by atoms with Gasteiger partial charge in [0.25, 0.3) is 11.8 Å². The zero-order valence-electron chi connectivity index (χ0n) is 24.2. The van der Waals surface area contributed by atoms with E-state index in [0.717, 1.165) is 16.5 Å². The van der Waals surface area contributed by atoms with E-state index in [9.17, 15) is 14.7 Å². The third-order valence-electron chi connectivity index (χ3n) is 6.67. The minimum Gasteiger partial charge on any atom is -0.507 e. The number of amides is 2. The number of carbonyl (C=O) groups is 2. The summed E-state index contributed by atoms with van der Waals surface area (Å²) in [4.78, 5) is 28.0. The first kappa shape index (κ1) is 29.4. The van der Waals surface area contributed by atoms with E-state index in [1.807, 2.05) is 85.7 Å². The van der Waals surface area contributed by atoms with Crippen molar-refractivity contribution in [2.45, 2.75) is 0 Å². The maximum Gasteiger partial charge on any atom is 0.287 e. The molecule has 0 aromatic heterocycles. The van der Waals surface area contributed by atoms with Crippen molar-refractivity contribution in [1.29, 1.82) is 0 Å². The van der Waals surface area contributed by atoms with Crippen molar-refractivity contribution in [3.63, 3.8) is 0 Å². The molecule has 0 saturated carbocycles. The van der Waals surface area contributed by atoms with Gasteiger partial charge in [-0.3, -0.25) is 9.59 Å². The number of benzene rings is 5. The topological polar surface area (TPSA) is 119 Å². The van der Waals surface area contributed by atoms with Crippen molar-refractivity contribution in [2.75, 3.05) is 19.0 Å². The summed E-state index contributed by atoms with van der Waals surface area (Å²) < 4.78 is 0. The summed E-state index contributed by atoms with van der Waals surface area (Å²) in [6, 6.07) is 34.5. The second-order valence-electron chi connectivity index (χ2n) is 10.0. The molecule has 9 heteroatoms. The number of carbonyl (C=O) groups excluding carboxylic acids is 2. The number of hydrogen-bond acceptors (Lipinski definition) is 7. The molecule has 5 aromatic rings. The van der Waals surface area contributed by atoms with E-state index in [-0.39, 0.29) is 11.4 Å². The van der Waals surface area contributed by atoms with E-state index in [1.165, 1.54) is 12.3 Å². The number of nitrogens with one attached hydrogen (secondary N) is 2. The maximum atomic E-state index is 13.2. The van der Waals surface area contributed by atoms with Crippen LogP contribution in [-0.2, 0) is 4.79 Å². The molecule has 0 fully saturated rings. The minimum atomic E-state index is -0.645. The van der Waals surface area contributed by atoms with Gasteiger partial charge in [-0.2, -0.15) is 10.2 Å². The molecule has 0 saturated heterocycles. The van der Waals surface area contributed by atoms with Gasteiger partial charge in [0, 0.05) is 36.3 Å². The van der Waals surface area contributed by atoms with Crippen LogP contribution in [0.5, 0.6) is 5.75 Å². The van der Waals surface area contributed by atoms with Crippen LogP contribution in [-0.4, -0.2) is 37.2 Å². The molecular formula is C35H30N6O3. The molecular weight excluding hydrogens is 552 g/mol. The number of anilines is 1. The molecule has 2 amide bonds. The number of azo groups is 1. The van der Waals surface area contributed by atoms with Crippen molar-refractivity contribution >= 4 is 51.9 Å². The first-order valence-electron chi connectivity index (χ1n) is 13.8. The first-order valence-corrected chi connectivity index (χ1v) is 13.8. The molecule has 44 heavy (non-hydrogen) atoms. The fourth-order valence-electron chi connectivity index (χ4n) is 4.31. The molecule has 0 heterocycles. The molecule has 0 radical (unpaired) electrons. The van der Waals surface area contributed by atoms with Gasteiger partial charge >= 0.3 is 0 Å². The van der Waals surface area contributed by atoms with E-state index in [1.54, 1.807) is 48.5 Å². The van der Waals surface area contributed by atoms with Gasteiger partial charge in [0.15, 0.2) is 0 Å². The predicted molar refractivity (Wildman–Crippen MR) is 175 cm³/mol. The second-order valence-corrected chi connectivity index (χ2v) is 10.0. The highest BCUT2D eigenvalue weighted by Gasteiger charge is 2.14. The summed E-state index contributed by atoms with van der Waals surface area (Å²) >= 11 is 0. The van der Waals surface area contributed by atoms with Gasteiger partial charge < -0.3 is 15.3 Å². The first-order chi connectivity index (χ1) is 21.4. The summed E-state index contributed by atoms with van der Waals surface area (Å²) in [5.74, 6) is -1.14. The van der Waals surface area contributed by atoms with E-state index in [2.05, 4.69) is 26.1 Å². The third-order valence-corrected chi connectivity index (χ3v) is 6.67. The minimum absolute atomic E-state index is 0.00420. The summed E-state index contributed by atoms with van der Waals surface area (Å²) in [6.45, 7) is 0. The monoisotopic (exact) mass is 582 g/mol. The zero-order valence-corrected chi connectivity index (χ0v) is 24.2. The SMILES string of the molecule is CN(C)c1ccc(C=C(NC(=O)c2ccccc2)C(=O)NN=Cc2cc(N=Nc3cccc4ccccc34)ccc2O)cc1. The number of fused-ring (bicyclic) bond motifs is 1. The average molecular weight is 583 g/mol. The van der Waals surface area contributed by atoms with Crippen LogP contribution in [0.25, 0.3) is 16.8 Å². The number of phenolic OH excluding ortho intramolecular Hbond substituents is 1. The molecule has 0 atom stereocenters. The Morgan fingerprint density at radius 2 is 1.52 bits per heavy atom. The maximum absolute atomic E-state index is 13.2. The Hall–Kier alpha value is -6.09. The highest BCUT2D eigenvalue weighted by Crippen LogP contribution is 2.29. The number of phenols is 1. The van der Waals surface area contributed by atoms with Crippen molar-refractivity contribution in [3.05, 3.63) is 138 Å². The van der Waals surface area contributed by atoms with Crippen molar-refractivity contribution in [2.24, 2.45) is 15.3 Å². The quantitative estimate of drug-likeness (QED) is 0.0754. The normalized spacial score (nSPS) is 11.6. The number of nitrogens with zero attached hydrogens (tertiary/aromatic N) is 4. The fraction of sp³-hybridized carbons (Fsp3) is 0.0571. The molecule has 9 nitrogen and oxygen atoms in total. The predicted octanol–water partition coefficient (Wildman–Crippen LogP) is 6.95. The van der Waals surface area contributed by atoms with Crippen molar-refractivity contribution in [3.8, 4) is 5.75 Å². The molecule has 5 aromatic carbocycles. The Balaban J connectivity index is 1.34. The summed E-state index contributed by atoms with van der Waals surface area (Å²) in [5.41, 5.74) is 6.05. The fourth-order valence-corrected chi connectivity index (χ4v) is 4.31. The summed E-state index contributed by atoms with van der Waals surface area (Å²) in [7, 11) is 3.87. The van der Waals surface area contributed by atoms with Crippen LogP contribution < -0.4 is 15.6 Å². The Labute approximate surface area is 254 Å². The van der Waals surface area contributed by atoms with Gasteiger partial charge in [0.1, 0.15) is 11.4 Å². The van der Waals surface area contributed by atoms with Crippen molar-refractivity contribution < 1.29 is 14.7 Å². The average Bonchev–Trinajstić information content (AvgIpc) is 3.05. The lowest BCUT2D eigenvalue weighted by molar-refractivity contribution is -0.117.